The van der Waals surface area contributed by atoms with Gasteiger partial charge in [0.15, 0.2) is 11.5 Å². The van der Waals surface area contributed by atoms with Crippen LogP contribution in [-0.4, -0.2) is 21.4 Å². The molecule has 0 spiro atoms. The zero-order valence-corrected chi connectivity index (χ0v) is 14.7. The first-order valence-electron chi connectivity index (χ1n) is 6.77. The number of hydrogen-bond donors (Lipinski definition) is 1. The third-order valence-electron chi connectivity index (χ3n) is 3.19. The number of nitrogens with one attached hydrogen (secondary N) is 1. The Morgan fingerprint density at radius 1 is 1.12 bits per heavy atom. The van der Waals surface area contributed by atoms with Crippen LogP contribution in [0.4, 0.5) is 0 Å². The Kier molecular flexibility index (Phi) is 4.58. The number of hydrogen-bond acceptors (Lipinski definition) is 5. The molecule has 1 aliphatic rings. The maximum absolute atomic E-state index is 12.3. The molecule has 0 bridgehead atoms. The Hall–Kier alpha value is -1.96. The standard InChI is InChI=1S/C15H12Cl2N2O4S/c1-9-4-11(16)15(12(17)5-9)24(20,21)19-18-7-10-2-3-13-14(6-10)23-8-22-13/h2-7,19H,8H2,1H3. The van der Waals surface area contributed by atoms with Crippen molar-refractivity contribution in [3.05, 3.63) is 51.5 Å². The van der Waals surface area contributed by atoms with E-state index in [0.29, 0.717) is 17.1 Å². The summed E-state index contributed by atoms with van der Waals surface area (Å²) in [6, 6.07) is 8.15. The molecule has 0 amide bonds. The van der Waals surface area contributed by atoms with Gasteiger partial charge in [-0.15, -0.1) is 0 Å². The largest absolute Gasteiger partial charge is 0.454 e. The van der Waals surface area contributed by atoms with Gasteiger partial charge in [0, 0.05) is 0 Å². The fourth-order valence-electron chi connectivity index (χ4n) is 2.15. The van der Waals surface area contributed by atoms with Gasteiger partial charge in [0.2, 0.25) is 6.79 Å². The number of benzene rings is 2. The fraction of sp³-hybridized carbons (Fsp3) is 0.133. The van der Waals surface area contributed by atoms with Gasteiger partial charge in [-0.25, -0.2) is 0 Å². The van der Waals surface area contributed by atoms with Crippen molar-refractivity contribution in [2.24, 2.45) is 5.10 Å². The van der Waals surface area contributed by atoms with Gasteiger partial charge >= 0.3 is 0 Å². The molecule has 1 heterocycles. The van der Waals surface area contributed by atoms with E-state index < -0.39 is 10.0 Å². The summed E-state index contributed by atoms with van der Waals surface area (Å²) in [5.41, 5.74) is 1.40. The maximum Gasteiger partial charge on any atom is 0.279 e. The Bertz CT molecular complexity index is 906. The number of fused-ring (bicyclic) bond motifs is 1. The highest BCUT2D eigenvalue weighted by Gasteiger charge is 2.21. The molecule has 0 aliphatic carbocycles. The summed E-state index contributed by atoms with van der Waals surface area (Å²) in [6.07, 6.45) is 1.34. The van der Waals surface area contributed by atoms with Gasteiger partial charge in [0.05, 0.1) is 16.3 Å². The molecule has 0 saturated carbocycles. The summed E-state index contributed by atoms with van der Waals surface area (Å²) in [5, 5.41) is 3.81. The lowest BCUT2D eigenvalue weighted by molar-refractivity contribution is 0.174. The van der Waals surface area contributed by atoms with E-state index in [4.69, 9.17) is 32.7 Å². The Balaban J connectivity index is 1.81. The lowest BCUT2D eigenvalue weighted by Gasteiger charge is -2.08. The molecule has 9 heteroatoms. The van der Waals surface area contributed by atoms with Crippen LogP contribution in [0.3, 0.4) is 0 Å². The van der Waals surface area contributed by atoms with Gasteiger partial charge in [0.1, 0.15) is 4.90 Å². The van der Waals surface area contributed by atoms with Crippen LogP contribution < -0.4 is 14.3 Å². The Morgan fingerprint density at radius 3 is 2.50 bits per heavy atom. The van der Waals surface area contributed by atoms with E-state index in [1.165, 1.54) is 18.3 Å². The number of rotatable bonds is 4. The zero-order chi connectivity index (χ0) is 17.3. The van der Waals surface area contributed by atoms with Crippen molar-refractivity contribution < 1.29 is 17.9 Å². The van der Waals surface area contributed by atoms with E-state index in [2.05, 4.69) is 9.93 Å². The Morgan fingerprint density at radius 2 is 1.79 bits per heavy atom. The summed E-state index contributed by atoms with van der Waals surface area (Å²) in [7, 11) is -3.99. The van der Waals surface area contributed by atoms with E-state index in [1.54, 1.807) is 25.1 Å². The van der Waals surface area contributed by atoms with Crippen molar-refractivity contribution in [1.29, 1.82) is 0 Å². The fourth-order valence-corrected chi connectivity index (χ4v) is 4.27. The number of hydrazone groups is 1. The number of sulfonamides is 1. The second kappa shape index (κ2) is 6.51. The van der Waals surface area contributed by atoms with E-state index >= 15 is 0 Å². The molecular formula is C15H12Cl2N2O4S. The van der Waals surface area contributed by atoms with Crippen LogP contribution >= 0.6 is 23.2 Å². The minimum atomic E-state index is -3.99. The number of nitrogens with zero attached hydrogens (tertiary/aromatic N) is 1. The molecule has 0 fully saturated rings. The normalized spacial score (nSPS) is 13.5. The van der Waals surface area contributed by atoms with E-state index in [1.807, 2.05) is 0 Å². The lowest BCUT2D eigenvalue weighted by atomic mass is 10.2. The van der Waals surface area contributed by atoms with Crippen molar-refractivity contribution >= 4 is 39.4 Å². The highest BCUT2D eigenvalue weighted by atomic mass is 35.5. The minimum Gasteiger partial charge on any atom is -0.454 e. The first-order valence-corrected chi connectivity index (χ1v) is 9.01. The molecule has 0 aromatic heterocycles. The Labute approximate surface area is 149 Å². The highest BCUT2D eigenvalue weighted by Crippen LogP contribution is 2.32. The van der Waals surface area contributed by atoms with Gasteiger partial charge in [-0.05, 0) is 48.4 Å². The molecule has 126 valence electrons. The molecule has 0 radical (unpaired) electrons. The summed E-state index contributed by atoms with van der Waals surface area (Å²) in [6.45, 7) is 1.92. The average Bonchev–Trinajstić information content (AvgIpc) is 2.93. The van der Waals surface area contributed by atoms with Crippen LogP contribution in [0, 0.1) is 6.92 Å². The monoisotopic (exact) mass is 386 g/mol. The van der Waals surface area contributed by atoms with Gasteiger partial charge < -0.3 is 9.47 Å². The van der Waals surface area contributed by atoms with Crippen LogP contribution in [-0.2, 0) is 10.0 Å². The zero-order valence-electron chi connectivity index (χ0n) is 12.4. The number of ether oxygens (including phenoxy) is 2. The van der Waals surface area contributed by atoms with Crippen molar-refractivity contribution in [3.63, 3.8) is 0 Å². The number of halogens is 2. The first kappa shape index (κ1) is 16.9. The first-order chi connectivity index (χ1) is 11.4. The van der Waals surface area contributed by atoms with Crippen LogP contribution in [0.2, 0.25) is 10.0 Å². The van der Waals surface area contributed by atoms with E-state index in [0.717, 1.165) is 5.56 Å². The quantitative estimate of drug-likeness (QED) is 0.645. The van der Waals surface area contributed by atoms with Gasteiger partial charge in [-0.3, -0.25) is 0 Å². The summed E-state index contributed by atoms with van der Waals surface area (Å²) in [5.74, 6) is 1.21. The minimum absolute atomic E-state index is 0.0331. The highest BCUT2D eigenvalue weighted by molar-refractivity contribution is 7.89. The van der Waals surface area contributed by atoms with Crippen molar-refractivity contribution in [2.45, 2.75) is 11.8 Å². The second-order valence-electron chi connectivity index (χ2n) is 5.02. The van der Waals surface area contributed by atoms with Crippen LogP contribution in [0.15, 0.2) is 40.3 Å². The molecule has 0 unspecified atom stereocenters. The third-order valence-corrected chi connectivity index (χ3v) is 5.34. The maximum atomic E-state index is 12.3. The molecule has 1 aliphatic heterocycles. The van der Waals surface area contributed by atoms with Crippen LogP contribution in [0.5, 0.6) is 11.5 Å². The van der Waals surface area contributed by atoms with Crippen LogP contribution in [0.1, 0.15) is 11.1 Å². The lowest BCUT2D eigenvalue weighted by Crippen LogP contribution is -2.19. The second-order valence-corrected chi connectivity index (χ2v) is 7.44. The van der Waals surface area contributed by atoms with Crippen molar-refractivity contribution in [2.75, 3.05) is 6.79 Å². The molecule has 2 aromatic rings. The molecule has 0 saturated heterocycles. The molecule has 0 atom stereocenters. The molecule has 3 rings (SSSR count). The topological polar surface area (TPSA) is 77.0 Å². The molecule has 24 heavy (non-hydrogen) atoms. The van der Waals surface area contributed by atoms with E-state index in [9.17, 15) is 8.42 Å². The molecule has 2 aromatic carbocycles. The molecule has 1 N–H and O–H groups in total. The van der Waals surface area contributed by atoms with Gasteiger partial charge in [-0.1, -0.05) is 23.2 Å². The summed E-state index contributed by atoms with van der Waals surface area (Å²) < 4.78 is 35.1. The SMILES string of the molecule is Cc1cc(Cl)c(S(=O)(=O)NN=Cc2ccc3c(c2)OCO3)c(Cl)c1. The predicted octanol–water partition coefficient (Wildman–Crippen LogP) is 3.34. The summed E-state index contributed by atoms with van der Waals surface area (Å²) >= 11 is 12.0. The molecular weight excluding hydrogens is 375 g/mol. The average molecular weight is 387 g/mol. The third kappa shape index (κ3) is 3.43. The van der Waals surface area contributed by atoms with Crippen molar-refractivity contribution in [3.8, 4) is 11.5 Å². The predicted molar refractivity (Wildman–Crippen MR) is 91.7 cm³/mol. The van der Waals surface area contributed by atoms with E-state index in [-0.39, 0.29) is 21.7 Å². The van der Waals surface area contributed by atoms with Gasteiger partial charge in [0.25, 0.3) is 10.0 Å². The molecule has 6 nitrogen and oxygen atoms in total. The smallest absolute Gasteiger partial charge is 0.279 e. The summed E-state index contributed by atoms with van der Waals surface area (Å²) in [4.78, 5) is 1.88. The van der Waals surface area contributed by atoms with Gasteiger partial charge in [-0.2, -0.15) is 18.4 Å². The number of aryl methyl sites for hydroxylation is 1. The van der Waals surface area contributed by atoms with Crippen LogP contribution in [0.25, 0.3) is 0 Å². The van der Waals surface area contributed by atoms with Crippen molar-refractivity contribution in [1.82, 2.24) is 4.83 Å².